The molecule has 2 N–H and O–H groups in total. The van der Waals surface area contributed by atoms with E-state index in [9.17, 15) is 4.79 Å². The molecule has 3 nitrogen and oxygen atoms in total. The van der Waals surface area contributed by atoms with Crippen molar-refractivity contribution in [2.75, 3.05) is 0 Å². The van der Waals surface area contributed by atoms with E-state index < -0.39 is 11.1 Å². The van der Waals surface area contributed by atoms with Gasteiger partial charge in [-0.15, -0.1) is 0 Å². The minimum Gasteiger partial charge on any atom is -0.459 e. The molecule has 0 spiro atoms. The lowest BCUT2D eigenvalue weighted by Gasteiger charge is -2.30. The van der Waals surface area contributed by atoms with Crippen molar-refractivity contribution in [1.29, 1.82) is 0 Å². The summed E-state index contributed by atoms with van der Waals surface area (Å²) >= 11 is 0. The summed E-state index contributed by atoms with van der Waals surface area (Å²) < 4.78 is 5.30. The van der Waals surface area contributed by atoms with Crippen LogP contribution in [0.2, 0.25) is 0 Å². The van der Waals surface area contributed by atoms with Crippen LogP contribution >= 0.6 is 0 Å². The number of carbonyl (C=O) groups is 1. The molecule has 0 aromatic rings. The smallest absolute Gasteiger partial charge is 0.326 e. The molecule has 0 amide bonds. The van der Waals surface area contributed by atoms with Crippen molar-refractivity contribution in [1.82, 2.24) is 0 Å². The summed E-state index contributed by atoms with van der Waals surface area (Å²) in [7, 11) is 0. The lowest BCUT2D eigenvalue weighted by atomic mass is 9.84. The SMILES string of the molecule is CC(C)(C)CCC(C)(N)C(=O)OC(C)(C)C. The molecular formula is C13H27NO2. The van der Waals surface area contributed by atoms with E-state index in [0.717, 1.165) is 6.42 Å². The predicted octanol–water partition coefficient (Wildman–Crippen LogP) is 2.87. The maximum absolute atomic E-state index is 11.9. The topological polar surface area (TPSA) is 52.3 Å². The third kappa shape index (κ3) is 6.83. The zero-order valence-electron chi connectivity index (χ0n) is 11.8. The molecule has 0 aliphatic heterocycles. The largest absolute Gasteiger partial charge is 0.459 e. The van der Waals surface area contributed by atoms with Gasteiger partial charge in [-0.05, 0) is 46.0 Å². The van der Waals surface area contributed by atoms with E-state index in [1.807, 2.05) is 20.8 Å². The van der Waals surface area contributed by atoms with Crippen LogP contribution < -0.4 is 5.73 Å². The first-order chi connectivity index (χ1) is 6.83. The number of rotatable bonds is 3. The van der Waals surface area contributed by atoms with Crippen LogP contribution in [0.5, 0.6) is 0 Å². The third-order valence-corrected chi connectivity index (χ3v) is 2.26. The normalized spacial score (nSPS) is 16.8. The Labute approximate surface area is 99.7 Å². The summed E-state index contributed by atoms with van der Waals surface area (Å²) in [6, 6.07) is 0. The highest BCUT2D eigenvalue weighted by atomic mass is 16.6. The molecule has 0 heterocycles. The lowest BCUT2D eigenvalue weighted by molar-refractivity contribution is -0.161. The van der Waals surface area contributed by atoms with Crippen molar-refractivity contribution in [3.63, 3.8) is 0 Å². The van der Waals surface area contributed by atoms with E-state index in [2.05, 4.69) is 20.8 Å². The van der Waals surface area contributed by atoms with Gasteiger partial charge >= 0.3 is 5.97 Å². The molecule has 3 heteroatoms. The molecule has 0 rings (SSSR count). The third-order valence-electron chi connectivity index (χ3n) is 2.26. The molecule has 0 aliphatic carbocycles. The van der Waals surface area contributed by atoms with Gasteiger partial charge in [0.25, 0.3) is 0 Å². The van der Waals surface area contributed by atoms with Crippen LogP contribution in [-0.4, -0.2) is 17.1 Å². The van der Waals surface area contributed by atoms with E-state index >= 15 is 0 Å². The standard InChI is InChI=1S/C13H27NO2/c1-11(2,3)8-9-13(7,14)10(15)16-12(4,5)6/h8-9,14H2,1-7H3. The Morgan fingerprint density at radius 1 is 1.00 bits per heavy atom. The molecule has 16 heavy (non-hydrogen) atoms. The zero-order chi connectivity index (χ0) is 13.2. The zero-order valence-corrected chi connectivity index (χ0v) is 11.8. The van der Waals surface area contributed by atoms with Gasteiger partial charge in [-0.1, -0.05) is 20.8 Å². The minimum absolute atomic E-state index is 0.183. The monoisotopic (exact) mass is 229 g/mol. The number of nitrogens with two attached hydrogens (primary N) is 1. The number of ether oxygens (including phenoxy) is 1. The van der Waals surface area contributed by atoms with Crippen LogP contribution in [0.15, 0.2) is 0 Å². The van der Waals surface area contributed by atoms with E-state index in [-0.39, 0.29) is 11.4 Å². The van der Waals surface area contributed by atoms with Gasteiger partial charge in [0.1, 0.15) is 11.1 Å². The molecule has 0 saturated heterocycles. The Morgan fingerprint density at radius 3 is 1.75 bits per heavy atom. The van der Waals surface area contributed by atoms with Crippen molar-refractivity contribution in [3.05, 3.63) is 0 Å². The minimum atomic E-state index is -0.888. The van der Waals surface area contributed by atoms with Crippen LogP contribution in [0.3, 0.4) is 0 Å². The molecule has 0 aliphatic rings. The van der Waals surface area contributed by atoms with Crippen molar-refractivity contribution < 1.29 is 9.53 Å². The van der Waals surface area contributed by atoms with Gasteiger partial charge < -0.3 is 10.5 Å². The molecule has 0 fully saturated rings. The molecule has 0 radical (unpaired) electrons. The van der Waals surface area contributed by atoms with Crippen molar-refractivity contribution in [2.45, 2.75) is 72.4 Å². The predicted molar refractivity (Wildman–Crippen MR) is 67.1 cm³/mol. The van der Waals surface area contributed by atoms with Crippen LogP contribution in [0, 0.1) is 5.41 Å². The van der Waals surface area contributed by atoms with Gasteiger partial charge in [-0.2, -0.15) is 0 Å². The number of carbonyl (C=O) groups excluding carboxylic acids is 1. The fraction of sp³-hybridized carbons (Fsp3) is 0.923. The highest BCUT2D eigenvalue weighted by molar-refractivity contribution is 5.80. The molecule has 0 aromatic carbocycles. The average molecular weight is 229 g/mol. The Hall–Kier alpha value is -0.570. The molecule has 1 atom stereocenters. The number of hydrogen-bond acceptors (Lipinski definition) is 3. The van der Waals surface area contributed by atoms with E-state index in [1.54, 1.807) is 6.92 Å². The van der Waals surface area contributed by atoms with Crippen molar-refractivity contribution in [2.24, 2.45) is 11.1 Å². The average Bonchev–Trinajstić information content (AvgIpc) is 1.96. The first-order valence-electron chi connectivity index (χ1n) is 5.86. The van der Waals surface area contributed by atoms with E-state index in [4.69, 9.17) is 10.5 Å². The van der Waals surface area contributed by atoms with Gasteiger partial charge in [0.2, 0.25) is 0 Å². The fourth-order valence-electron chi connectivity index (χ4n) is 1.13. The van der Waals surface area contributed by atoms with Crippen molar-refractivity contribution >= 4 is 5.97 Å². The van der Waals surface area contributed by atoms with Crippen LogP contribution in [-0.2, 0) is 9.53 Å². The quantitative estimate of drug-likeness (QED) is 0.757. The van der Waals surface area contributed by atoms with Crippen LogP contribution in [0.1, 0.15) is 61.3 Å². The van der Waals surface area contributed by atoms with Gasteiger partial charge in [-0.25, -0.2) is 0 Å². The van der Waals surface area contributed by atoms with Crippen molar-refractivity contribution in [3.8, 4) is 0 Å². The second kappa shape index (κ2) is 4.74. The first kappa shape index (κ1) is 15.4. The molecule has 1 unspecified atom stereocenters. The Kier molecular flexibility index (Phi) is 4.57. The molecule has 0 aromatic heterocycles. The van der Waals surface area contributed by atoms with Crippen LogP contribution in [0.4, 0.5) is 0 Å². The molecule has 96 valence electrons. The first-order valence-corrected chi connectivity index (χ1v) is 5.86. The number of hydrogen-bond donors (Lipinski definition) is 1. The van der Waals surface area contributed by atoms with Gasteiger partial charge in [-0.3, -0.25) is 4.79 Å². The lowest BCUT2D eigenvalue weighted by Crippen LogP contribution is -2.49. The van der Waals surface area contributed by atoms with Crippen LogP contribution in [0.25, 0.3) is 0 Å². The fourth-order valence-corrected chi connectivity index (χ4v) is 1.13. The Bertz CT molecular complexity index is 244. The summed E-state index contributed by atoms with van der Waals surface area (Å²) in [6.45, 7) is 13.7. The number of esters is 1. The summed E-state index contributed by atoms with van der Waals surface area (Å²) in [5.74, 6) is -0.316. The maximum Gasteiger partial charge on any atom is 0.326 e. The van der Waals surface area contributed by atoms with Gasteiger partial charge in [0.15, 0.2) is 0 Å². The molecule has 0 saturated carbocycles. The Morgan fingerprint density at radius 2 is 1.44 bits per heavy atom. The summed E-state index contributed by atoms with van der Waals surface area (Å²) in [4.78, 5) is 11.9. The summed E-state index contributed by atoms with van der Waals surface area (Å²) in [5, 5.41) is 0. The molecular weight excluding hydrogens is 202 g/mol. The highest BCUT2D eigenvalue weighted by Gasteiger charge is 2.33. The Balaban J connectivity index is 4.38. The second-order valence-electron chi connectivity index (χ2n) is 6.98. The van der Waals surface area contributed by atoms with E-state index in [0.29, 0.717) is 6.42 Å². The maximum atomic E-state index is 11.9. The van der Waals surface area contributed by atoms with Gasteiger partial charge in [0.05, 0.1) is 0 Å². The second-order valence-corrected chi connectivity index (χ2v) is 6.98. The van der Waals surface area contributed by atoms with E-state index in [1.165, 1.54) is 0 Å². The highest BCUT2D eigenvalue weighted by Crippen LogP contribution is 2.26. The summed E-state index contributed by atoms with van der Waals surface area (Å²) in [6.07, 6.45) is 1.55. The summed E-state index contributed by atoms with van der Waals surface area (Å²) in [5.41, 5.74) is 4.82. The van der Waals surface area contributed by atoms with Gasteiger partial charge in [0, 0.05) is 0 Å². The molecule has 0 bridgehead atoms.